The smallest absolute Gasteiger partial charge is 0.221 e. The third kappa shape index (κ3) is 4.00. The molecular weight excluding hydrogens is 186 g/mol. The summed E-state index contributed by atoms with van der Waals surface area (Å²) < 4.78 is 0. The van der Waals surface area contributed by atoms with Crippen LogP contribution in [0.15, 0.2) is 10.9 Å². The normalized spacial score (nSPS) is 9.92. The van der Waals surface area contributed by atoms with Crippen LogP contribution in [0.3, 0.4) is 0 Å². The van der Waals surface area contributed by atoms with Crippen LogP contribution in [0.4, 0.5) is 0 Å². The van der Waals surface area contributed by atoms with Crippen molar-refractivity contribution in [2.45, 2.75) is 13.0 Å². The second-order valence-electron chi connectivity index (χ2n) is 2.58. The zero-order chi connectivity index (χ0) is 9.52. The summed E-state index contributed by atoms with van der Waals surface area (Å²) in [6.07, 6.45) is 0.515. The molecule has 13 heavy (non-hydrogen) atoms. The van der Waals surface area contributed by atoms with Crippen molar-refractivity contribution in [2.24, 2.45) is 0 Å². The van der Waals surface area contributed by atoms with E-state index in [1.807, 2.05) is 5.38 Å². The van der Waals surface area contributed by atoms with Crippen molar-refractivity contribution in [3.63, 3.8) is 0 Å². The minimum atomic E-state index is 0.0609. The van der Waals surface area contributed by atoms with Gasteiger partial charge in [-0.05, 0) is 0 Å². The monoisotopic (exact) mass is 199 g/mol. The standard InChI is InChI=1S/C8H13N3OS/c1-9-8(12)2-3-10-4-7-5-13-6-11-7/h5-6,10H,2-4H2,1H3,(H,9,12). The van der Waals surface area contributed by atoms with E-state index in [9.17, 15) is 4.79 Å². The Morgan fingerprint density at radius 2 is 2.54 bits per heavy atom. The number of nitrogens with one attached hydrogen (secondary N) is 2. The SMILES string of the molecule is CNC(=O)CCNCc1cscn1. The van der Waals surface area contributed by atoms with E-state index in [1.165, 1.54) is 0 Å². The molecule has 0 atom stereocenters. The average molecular weight is 199 g/mol. The van der Waals surface area contributed by atoms with Gasteiger partial charge in [-0.3, -0.25) is 4.79 Å². The first-order valence-corrected chi connectivity index (χ1v) is 5.05. The third-order valence-corrected chi connectivity index (χ3v) is 2.23. The molecule has 1 heterocycles. The van der Waals surface area contributed by atoms with E-state index in [1.54, 1.807) is 23.9 Å². The lowest BCUT2D eigenvalue weighted by Crippen LogP contribution is -2.24. The Bertz CT molecular complexity index is 248. The Kier molecular flexibility index (Phi) is 4.42. The van der Waals surface area contributed by atoms with E-state index in [0.717, 1.165) is 12.2 Å². The van der Waals surface area contributed by atoms with Gasteiger partial charge in [-0.2, -0.15) is 0 Å². The number of carbonyl (C=O) groups excluding carboxylic acids is 1. The topological polar surface area (TPSA) is 54.0 Å². The van der Waals surface area contributed by atoms with E-state index in [4.69, 9.17) is 0 Å². The number of amides is 1. The summed E-state index contributed by atoms with van der Waals surface area (Å²) in [5.74, 6) is 0.0609. The maximum absolute atomic E-state index is 10.8. The predicted molar refractivity (Wildman–Crippen MR) is 52.5 cm³/mol. The van der Waals surface area contributed by atoms with Gasteiger partial charge in [0, 0.05) is 31.9 Å². The van der Waals surface area contributed by atoms with E-state index in [2.05, 4.69) is 15.6 Å². The molecular formula is C8H13N3OS. The molecule has 0 bridgehead atoms. The number of hydrogen-bond acceptors (Lipinski definition) is 4. The summed E-state index contributed by atoms with van der Waals surface area (Å²) in [6.45, 7) is 1.43. The Hall–Kier alpha value is -0.940. The highest BCUT2D eigenvalue weighted by Crippen LogP contribution is 1.99. The van der Waals surface area contributed by atoms with Gasteiger partial charge in [0.1, 0.15) is 0 Å². The van der Waals surface area contributed by atoms with Crippen LogP contribution in [0.2, 0.25) is 0 Å². The second kappa shape index (κ2) is 5.66. The van der Waals surface area contributed by atoms with E-state index < -0.39 is 0 Å². The first-order valence-electron chi connectivity index (χ1n) is 4.11. The van der Waals surface area contributed by atoms with Crippen LogP contribution >= 0.6 is 11.3 Å². The summed E-state index contributed by atoms with van der Waals surface area (Å²) in [5.41, 5.74) is 2.83. The van der Waals surface area contributed by atoms with Crippen LogP contribution in [0.5, 0.6) is 0 Å². The first-order chi connectivity index (χ1) is 6.33. The maximum atomic E-state index is 10.8. The van der Waals surface area contributed by atoms with E-state index >= 15 is 0 Å². The van der Waals surface area contributed by atoms with Crippen LogP contribution in [-0.2, 0) is 11.3 Å². The van der Waals surface area contributed by atoms with Crippen molar-refractivity contribution < 1.29 is 4.79 Å². The lowest BCUT2D eigenvalue weighted by atomic mass is 10.4. The molecule has 0 aliphatic heterocycles. The zero-order valence-corrected chi connectivity index (χ0v) is 8.36. The Morgan fingerprint density at radius 1 is 1.69 bits per heavy atom. The molecule has 0 saturated heterocycles. The number of rotatable bonds is 5. The zero-order valence-electron chi connectivity index (χ0n) is 7.54. The highest BCUT2D eigenvalue weighted by Gasteiger charge is 1.97. The molecule has 1 amide bonds. The highest BCUT2D eigenvalue weighted by atomic mass is 32.1. The van der Waals surface area contributed by atoms with Crippen LogP contribution in [0, 0.1) is 0 Å². The second-order valence-corrected chi connectivity index (χ2v) is 3.30. The van der Waals surface area contributed by atoms with Crippen molar-refractivity contribution in [3.05, 3.63) is 16.6 Å². The summed E-state index contributed by atoms with van der Waals surface area (Å²) >= 11 is 1.58. The molecule has 1 aromatic rings. The Morgan fingerprint density at radius 3 is 3.15 bits per heavy atom. The molecule has 2 N–H and O–H groups in total. The van der Waals surface area contributed by atoms with Crippen LogP contribution in [0.25, 0.3) is 0 Å². The molecule has 4 nitrogen and oxygen atoms in total. The minimum Gasteiger partial charge on any atom is -0.359 e. The third-order valence-electron chi connectivity index (χ3n) is 1.60. The van der Waals surface area contributed by atoms with Gasteiger partial charge in [-0.1, -0.05) is 0 Å². The molecule has 72 valence electrons. The summed E-state index contributed by atoms with van der Waals surface area (Å²) in [4.78, 5) is 14.9. The summed E-state index contributed by atoms with van der Waals surface area (Å²) in [6, 6.07) is 0. The highest BCUT2D eigenvalue weighted by molar-refractivity contribution is 7.07. The van der Waals surface area contributed by atoms with E-state index in [0.29, 0.717) is 13.0 Å². The molecule has 0 fully saturated rings. The predicted octanol–water partition coefficient (Wildman–Crippen LogP) is 0.369. The van der Waals surface area contributed by atoms with Gasteiger partial charge in [-0.25, -0.2) is 4.98 Å². The van der Waals surface area contributed by atoms with Gasteiger partial charge < -0.3 is 10.6 Å². The number of nitrogens with zero attached hydrogens (tertiary/aromatic N) is 1. The largest absolute Gasteiger partial charge is 0.359 e. The fourth-order valence-electron chi connectivity index (χ4n) is 0.868. The Labute approximate surface area is 81.4 Å². The fraction of sp³-hybridized carbons (Fsp3) is 0.500. The van der Waals surface area contributed by atoms with Crippen LogP contribution < -0.4 is 10.6 Å². The lowest BCUT2D eigenvalue weighted by Gasteiger charge is -2.01. The van der Waals surface area contributed by atoms with Crippen molar-refractivity contribution >= 4 is 17.2 Å². The number of aromatic nitrogens is 1. The summed E-state index contributed by atoms with van der Waals surface area (Å²) in [7, 11) is 1.64. The quantitative estimate of drug-likeness (QED) is 0.674. The number of hydrogen-bond donors (Lipinski definition) is 2. The maximum Gasteiger partial charge on any atom is 0.221 e. The molecule has 1 aromatic heterocycles. The van der Waals surface area contributed by atoms with Crippen molar-refractivity contribution in [3.8, 4) is 0 Å². The minimum absolute atomic E-state index is 0.0609. The van der Waals surface area contributed by atoms with Crippen LogP contribution in [-0.4, -0.2) is 24.5 Å². The molecule has 0 aliphatic carbocycles. The van der Waals surface area contributed by atoms with Gasteiger partial charge in [0.15, 0.2) is 0 Å². The first kappa shape index (κ1) is 10.1. The van der Waals surface area contributed by atoms with Gasteiger partial charge in [0.05, 0.1) is 11.2 Å². The van der Waals surface area contributed by atoms with Gasteiger partial charge in [0.2, 0.25) is 5.91 Å². The molecule has 0 radical (unpaired) electrons. The van der Waals surface area contributed by atoms with Gasteiger partial charge >= 0.3 is 0 Å². The van der Waals surface area contributed by atoms with Gasteiger partial charge in [-0.15, -0.1) is 11.3 Å². The van der Waals surface area contributed by atoms with Crippen LogP contribution in [0.1, 0.15) is 12.1 Å². The molecule has 0 spiro atoms. The fourth-order valence-corrected chi connectivity index (χ4v) is 1.43. The van der Waals surface area contributed by atoms with Gasteiger partial charge in [0.25, 0.3) is 0 Å². The Balaban J connectivity index is 2.05. The van der Waals surface area contributed by atoms with Crippen molar-refractivity contribution in [1.82, 2.24) is 15.6 Å². The number of carbonyl (C=O) groups is 1. The molecule has 5 heteroatoms. The average Bonchev–Trinajstić information content (AvgIpc) is 2.64. The molecule has 1 rings (SSSR count). The lowest BCUT2D eigenvalue weighted by molar-refractivity contribution is -0.120. The van der Waals surface area contributed by atoms with Crippen molar-refractivity contribution in [1.29, 1.82) is 0 Å². The molecule has 0 aliphatic rings. The van der Waals surface area contributed by atoms with Crippen molar-refractivity contribution in [2.75, 3.05) is 13.6 Å². The summed E-state index contributed by atoms with van der Waals surface area (Å²) in [5, 5.41) is 7.70. The molecule has 0 unspecified atom stereocenters. The number of thiazole rings is 1. The molecule has 0 saturated carbocycles. The molecule has 0 aromatic carbocycles. The van der Waals surface area contributed by atoms with E-state index in [-0.39, 0.29) is 5.91 Å².